The Balaban J connectivity index is 2.17. The first-order valence-electron chi connectivity index (χ1n) is 7.00. The van der Waals surface area contributed by atoms with Crippen LogP contribution in [0.1, 0.15) is 0 Å². The van der Waals surface area contributed by atoms with Gasteiger partial charge in [-0.25, -0.2) is 0 Å². The van der Waals surface area contributed by atoms with E-state index in [4.69, 9.17) is 13.6 Å². The maximum Gasteiger partial charge on any atom is 0.235 e. The Morgan fingerprint density at radius 3 is 2.57 bits per heavy atom. The highest BCUT2D eigenvalue weighted by atomic mass is 16.5. The molecule has 0 aliphatic heterocycles. The summed E-state index contributed by atoms with van der Waals surface area (Å²) < 4.78 is 16.5. The predicted molar refractivity (Wildman–Crippen MR) is 85.9 cm³/mol. The van der Waals surface area contributed by atoms with Gasteiger partial charge in [-0.2, -0.15) is 0 Å². The molecule has 5 nitrogen and oxygen atoms in total. The molecule has 2 heterocycles. The van der Waals surface area contributed by atoms with Crippen LogP contribution in [0.3, 0.4) is 0 Å². The van der Waals surface area contributed by atoms with Gasteiger partial charge in [-0.05, 0) is 12.1 Å². The van der Waals surface area contributed by atoms with Gasteiger partial charge < -0.3 is 18.7 Å². The van der Waals surface area contributed by atoms with Gasteiger partial charge in [0.15, 0.2) is 17.1 Å². The van der Waals surface area contributed by atoms with Gasteiger partial charge in [0, 0.05) is 5.56 Å². The lowest BCUT2D eigenvalue weighted by molar-refractivity contribution is 0.410. The van der Waals surface area contributed by atoms with Gasteiger partial charge >= 0.3 is 0 Å². The SMILES string of the molecule is COc1cc2c(=O)c(O)c(-c3ccccc3)oc2c2ccoc12. The maximum absolute atomic E-state index is 12.6. The van der Waals surface area contributed by atoms with E-state index in [2.05, 4.69) is 0 Å². The normalized spacial score (nSPS) is 11.2. The van der Waals surface area contributed by atoms with Crippen LogP contribution >= 0.6 is 0 Å². The number of methoxy groups -OCH3 is 1. The van der Waals surface area contributed by atoms with Crippen molar-refractivity contribution in [1.82, 2.24) is 0 Å². The van der Waals surface area contributed by atoms with Crippen molar-refractivity contribution in [3.63, 3.8) is 0 Å². The van der Waals surface area contributed by atoms with Crippen LogP contribution in [0.2, 0.25) is 0 Å². The third-order valence-electron chi connectivity index (χ3n) is 3.79. The Morgan fingerprint density at radius 2 is 1.83 bits per heavy atom. The summed E-state index contributed by atoms with van der Waals surface area (Å²) in [5.41, 5.74) is 0.965. The molecule has 4 rings (SSSR count). The Hall–Kier alpha value is -3.21. The molecule has 2 aromatic heterocycles. The van der Waals surface area contributed by atoms with Crippen molar-refractivity contribution in [2.75, 3.05) is 7.11 Å². The lowest BCUT2D eigenvalue weighted by atomic mass is 10.1. The number of benzene rings is 2. The fourth-order valence-corrected chi connectivity index (χ4v) is 2.68. The molecular formula is C18H12O5. The van der Waals surface area contributed by atoms with Gasteiger partial charge in [-0.3, -0.25) is 4.79 Å². The van der Waals surface area contributed by atoms with E-state index in [9.17, 15) is 9.90 Å². The molecule has 2 aromatic carbocycles. The standard InChI is InChI=1S/C18H12O5/c1-21-13-9-12-14(19)15(20)16(10-5-3-2-4-6-10)23-17(12)11-7-8-22-18(11)13/h2-9,20H,1H3. The van der Waals surface area contributed by atoms with E-state index in [0.717, 1.165) is 0 Å². The average Bonchev–Trinajstić information content (AvgIpc) is 3.08. The fourth-order valence-electron chi connectivity index (χ4n) is 2.68. The molecule has 114 valence electrons. The number of aromatic hydroxyl groups is 1. The molecule has 0 atom stereocenters. The maximum atomic E-state index is 12.6. The van der Waals surface area contributed by atoms with Crippen molar-refractivity contribution >= 4 is 21.9 Å². The highest BCUT2D eigenvalue weighted by Gasteiger charge is 2.20. The van der Waals surface area contributed by atoms with Crippen molar-refractivity contribution in [2.45, 2.75) is 0 Å². The topological polar surface area (TPSA) is 72.8 Å². The van der Waals surface area contributed by atoms with E-state index in [-0.39, 0.29) is 11.1 Å². The van der Waals surface area contributed by atoms with E-state index >= 15 is 0 Å². The van der Waals surface area contributed by atoms with E-state index < -0.39 is 11.2 Å². The number of rotatable bonds is 2. The highest BCUT2D eigenvalue weighted by Crippen LogP contribution is 2.37. The van der Waals surface area contributed by atoms with E-state index in [0.29, 0.717) is 27.9 Å². The van der Waals surface area contributed by atoms with E-state index in [1.165, 1.54) is 19.4 Å². The zero-order chi connectivity index (χ0) is 16.0. The minimum absolute atomic E-state index is 0.135. The van der Waals surface area contributed by atoms with Crippen LogP contribution in [0.4, 0.5) is 0 Å². The lowest BCUT2D eigenvalue weighted by Gasteiger charge is -2.08. The van der Waals surface area contributed by atoms with Crippen molar-refractivity contribution in [2.24, 2.45) is 0 Å². The molecule has 1 N–H and O–H groups in total. The quantitative estimate of drug-likeness (QED) is 0.607. The zero-order valence-corrected chi connectivity index (χ0v) is 12.2. The minimum Gasteiger partial charge on any atom is -0.502 e. The van der Waals surface area contributed by atoms with E-state index in [1.807, 2.05) is 6.07 Å². The number of hydrogen-bond acceptors (Lipinski definition) is 5. The van der Waals surface area contributed by atoms with Crippen molar-refractivity contribution in [3.05, 3.63) is 59.0 Å². The van der Waals surface area contributed by atoms with Crippen LogP contribution in [-0.4, -0.2) is 12.2 Å². The monoisotopic (exact) mass is 308 g/mol. The Morgan fingerprint density at radius 1 is 1.04 bits per heavy atom. The second kappa shape index (κ2) is 4.91. The van der Waals surface area contributed by atoms with Crippen LogP contribution < -0.4 is 10.2 Å². The summed E-state index contributed by atoms with van der Waals surface area (Å²) in [6.07, 6.45) is 1.50. The Labute approximate surface area is 130 Å². The van der Waals surface area contributed by atoms with Crippen LogP contribution in [0, 0.1) is 0 Å². The second-order valence-corrected chi connectivity index (χ2v) is 5.09. The average molecular weight is 308 g/mol. The van der Waals surface area contributed by atoms with Crippen molar-refractivity contribution in [1.29, 1.82) is 0 Å². The Bertz CT molecular complexity index is 1070. The number of hydrogen-bond donors (Lipinski definition) is 1. The molecular weight excluding hydrogens is 296 g/mol. The Kier molecular flexibility index (Phi) is 2.87. The smallest absolute Gasteiger partial charge is 0.235 e. The first-order valence-corrected chi connectivity index (χ1v) is 7.00. The van der Waals surface area contributed by atoms with Crippen molar-refractivity contribution < 1.29 is 18.7 Å². The summed E-state index contributed by atoms with van der Waals surface area (Å²) >= 11 is 0. The fraction of sp³-hybridized carbons (Fsp3) is 0.0556. The highest BCUT2D eigenvalue weighted by molar-refractivity contribution is 6.05. The van der Waals surface area contributed by atoms with Gasteiger partial charge in [-0.1, -0.05) is 30.3 Å². The minimum atomic E-state index is -0.508. The summed E-state index contributed by atoms with van der Waals surface area (Å²) in [4.78, 5) is 12.6. The summed E-state index contributed by atoms with van der Waals surface area (Å²) in [5, 5.41) is 11.1. The zero-order valence-electron chi connectivity index (χ0n) is 12.2. The van der Waals surface area contributed by atoms with Gasteiger partial charge in [0.2, 0.25) is 11.2 Å². The molecule has 23 heavy (non-hydrogen) atoms. The van der Waals surface area contributed by atoms with Crippen LogP contribution in [0.5, 0.6) is 11.5 Å². The molecule has 0 fully saturated rings. The first-order chi connectivity index (χ1) is 11.2. The van der Waals surface area contributed by atoms with Gasteiger partial charge in [-0.15, -0.1) is 0 Å². The van der Waals surface area contributed by atoms with Gasteiger partial charge in [0.1, 0.15) is 5.58 Å². The molecule has 0 aliphatic carbocycles. The number of furan rings is 1. The van der Waals surface area contributed by atoms with Gasteiger partial charge in [0.25, 0.3) is 0 Å². The number of fused-ring (bicyclic) bond motifs is 3. The lowest BCUT2D eigenvalue weighted by Crippen LogP contribution is -2.03. The molecule has 0 aliphatic rings. The van der Waals surface area contributed by atoms with Crippen molar-refractivity contribution in [3.8, 4) is 22.8 Å². The summed E-state index contributed by atoms with van der Waals surface area (Å²) in [5.74, 6) is 0.126. The summed E-state index contributed by atoms with van der Waals surface area (Å²) in [6.45, 7) is 0. The van der Waals surface area contributed by atoms with Crippen LogP contribution in [0.15, 0.2) is 62.4 Å². The largest absolute Gasteiger partial charge is 0.502 e. The van der Waals surface area contributed by atoms with Crippen LogP contribution in [0.25, 0.3) is 33.3 Å². The first kappa shape index (κ1) is 13.5. The molecule has 0 radical (unpaired) electrons. The molecule has 0 saturated heterocycles. The van der Waals surface area contributed by atoms with Crippen LogP contribution in [-0.2, 0) is 0 Å². The summed E-state index contributed by atoms with van der Waals surface area (Å²) in [7, 11) is 1.49. The molecule has 0 saturated carbocycles. The summed E-state index contributed by atoms with van der Waals surface area (Å²) in [6, 6.07) is 12.2. The number of ether oxygens (including phenoxy) is 1. The molecule has 0 amide bonds. The third-order valence-corrected chi connectivity index (χ3v) is 3.79. The third kappa shape index (κ3) is 1.90. The predicted octanol–water partition coefficient (Wildman–Crippen LogP) is 3.92. The molecule has 0 unspecified atom stereocenters. The second-order valence-electron chi connectivity index (χ2n) is 5.09. The molecule has 5 heteroatoms. The van der Waals surface area contributed by atoms with E-state index in [1.54, 1.807) is 30.3 Å². The molecule has 0 bridgehead atoms. The van der Waals surface area contributed by atoms with Gasteiger partial charge in [0.05, 0.1) is 24.1 Å². The molecule has 4 aromatic rings. The molecule has 0 spiro atoms.